The number of hydrogen-bond donors (Lipinski definition) is 0. The van der Waals surface area contributed by atoms with Gasteiger partial charge in [-0.05, 0) is 13.3 Å². The molecule has 0 saturated heterocycles. The van der Waals surface area contributed by atoms with Crippen LogP contribution in [0, 0.1) is 0 Å². The maximum absolute atomic E-state index is 5.10. The highest BCUT2D eigenvalue weighted by Gasteiger charge is 2.17. The number of ether oxygens (including phenoxy) is 1. The van der Waals surface area contributed by atoms with Gasteiger partial charge in [-0.25, -0.2) is 0 Å². The zero-order chi connectivity index (χ0) is 9.45. The van der Waals surface area contributed by atoms with Crippen LogP contribution in [-0.2, 0) is 4.74 Å². The Labute approximate surface area is 77.1 Å². The highest BCUT2D eigenvalue weighted by molar-refractivity contribution is 4.38. The van der Waals surface area contributed by atoms with Crippen molar-refractivity contribution in [3.63, 3.8) is 0 Å². The molecule has 0 radical (unpaired) electrons. The molecule has 0 fully saturated rings. The first-order valence-electron chi connectivity index (χ1n) is 5.01. The molecule has 0 aromatic rings. The largest absolute Gasteiger partial charge is 0.379 e. The van der Waals surface area contributed by atoms with Crippen LogP contribution in [0.5, 0.6) is 0 Å². The Balaban J connectivity index is 3.70. The van der Waals surface area contributed by atoms with Crippen molar-refractivity contribution in [2.45, 2.75) is 26.7 Å². The van der Waals surface area contributed by atoms with Crippen LogP contribution in [0.25, 0.3) is 0 Å². The number of quaternary nitrogens is 1. The fraction of sp³-hybridized carbons (Fsp3) is 1.00. The van der Waals surface area contributed by atoms with E-state index in [4.69, 9.17) is 4.74 Å². The molecule has 74 valence electrons. The van der Waals surface area contributed by atoms with Gasteiger partial charge in [0.25, 0.3) is 0 Å². The van der Waals surface area contributed by atoms with Gasteiger partial charge in [-0.2, -0.15) is 0 Å². The molecule has 1 atom stereocenters. The molecule has 0 aliphatic carbocycles. The van der Waals surface area contributed by atoms with E-state index in [9.17, 15) is 0 Å². The standard InChI is InChI=1S/C10H24NO/c1-5-7-8-11(3,6-2)9-10-12-4/h5-10H2,1-4H3/q+1. The van der Waals surface area contributed by atoms with Crippen molar-refractivity contribution in [3.05, 3.63) is 0 Å². The zero-order valence-corrected chi connectivity index (χ0v) is 9.10. The van der Waals surface area contributed by atoms with E-state index in [1.54, 1.807) is 7.11 Å². The van der Waals surface area contributed by atoms with Crippen LogP contribution in [0.2, 0.25) is 0 Å². The number of unbranched alkanes of at least 4 members (excludes halogenated alkanes) is 1. The summed E-state index contributed by atoms with van der Waals surface area (Å²) in [6.07, 6.45) is 2.62. The predicted octanol–water partition coefficient (Wildman–Crippen LogP) is 1.90. The van der Waals surface area contributed by atoms with Gasteiger partial charge < -0.3 is 9.22 Å². The summed E-state index contributed by atoms with van der Waals surface area (Å²) in [5.41, 5.74) is 0. The third-order valence-corrected chi connectivity index (χ3v) is 2.65. The SMILES string of the molecule is CCCC[N+](C)(CC)CCOC. The summed E-state index contributed by atoms with van der Waals surface area (Å²) in [7, 11) is 4.09. The first-order valence-corrected chi connectivity index (χ1v) is 5.01. The average Bonchev–Trinajstić information content (AvgIpc) is 2.11. The highest BCUT2D eigenvalue weighted by Crippen LogP contribution is 2.04. The van der Waals surface area contributed by atoms with Crippen LogP contribution in [0.3, 0.4) is 0 Å². The normalized spacial score (nSPS) is 16.0. The molecule has 0 aliphatic heterocycles. The van der Waals surface area contributed by atoms with Gasteiger partial charge in [-0.1, -0.05) is 13.3 Å². The van der Waals surface area contributed by atoms with Gasteiger partial charge in [-0.3, -0.25) is 0 Å². The summed E-state index contributed by atoms with van der Waals surface area (Å²) in [5, 5.41) is 0. The number of rotatable bonds is 7. The van der Waals surface area contributed by atoms with Crippen molar-refractivity contribution in [3.8, 4) is 0 Å². The van der Waals surface area contributed by atoms with E-state index < -0.39 is 0 Å². The lowest BCUT2D eigenvalue weighted by Crippen LogP contribution is -2.46. The molecule has 0 N–H and O–H groups in total. The first-order chi connectivity index (χ1) is 5.68. The van der Waals surface area contributed by atoms with E-state index in [0.29, 0.717) is 0 Å². The average molecular weight is 174 g/mol. The van der Waals surface area contributed by atoms with E-state index in [0.717, 1.165) is 17.6 Å². The molecule has 12 heavy (non-hydrogen) atoms. The van der Waals surface area contributed by atoms with Crippen LogP contribution in [0.15, 0.2) is 0 Å². The molecule has 0 bridgehead atoms. The van der Waals surface area contributed by atoms with Crippen molar-refractivity contribution in [1.29, 1.82) is 0 Å². The van der Waals surface area contributed by atoms with Crippen LogP contribution < -0.4 is 0 Å². The Morgan fingerprint density at radius 2 is 1.83 bits per heavy atom. The molecule has 0 saturated carbocycles. The van der Waals surface area contributed by atoms with Gasteiger partial charge in [-0.15, -0.1) is 0 Å². The van der Waals surface area contributed by atoms with E-state index >= 15 is 0 Å². The Morgan fingerprint density at radius 1 is 1.17 bits per heavy atom. The van der Waals surface area contributed by atoms with Crippen molar-refractivity contribution < 1.29 is 9.22 Å². The number of likely N-dealkylation sites (N-methyl/N-ethyl adjacent to an activating group) is 1. The number of nitrogens with zero attached hydrogens (tertiary/aromatic N) is 1. The Morgan fingerprint density at radius 3 is 2.25 bits per heavy atom. The topological polar surface area (TPSA) is 9.23 Å². The van der Waals surface area contributed by atoms with Crippen molar-refractivity contribution in [1.82, 2.24) is 0 Å². The number of methoxy groups -OCH3 is 1. The molecular formula is C10H24NO+. The monoisotopic (exact) mass is 174 g/mol. The first kappa shape index (κ1) is 11.9. The Bertz CT molecular complexity index is 96.0. The second kappa shape index (κ2) is 6.44. The Hall–Kier alpha value is -0.0800. The van der Waals surface area contributed by atoms with Crippen LogP contribution in [0.1, 0.15) is 26.7 Å². The van der Waals surface area contributed by atoms with Crippen molar-refractivity contribution in [2.75, 3.05) is 40.4 Å². The van der Waals surface area contributed by atoms with E-state index in [2.05, 4.69) is 20.9 Å². The lowest BCUT2D eigenvalue weighted by molar-refractivity contribution is -0.908. The molecule has 0 heterocycles. The summed E-state index contributed by atoms with van der Waals surface area (Å²) >= 11 is 0. The molecular weight excluding hydrogens is 150 g/mol. The minimum atomic E-state index is 0.883. The second-order valence-electron chi connectivity index (χ2n) is 3.73. The summed E-state index contributed by atoms with van der Waals surface area (Å²) in [5.74, 6) is 0. The van der Waals surface area contributed by atoms with Gasteiger partial charge in [0.2, 0.25) is 0 Å². The van der Waals surface area contributed by atoms with E-state index in [-0.39, 0.29) is 0 Å². The molecule has 2 nitrogen and oxygen atoms in total. The molecule has 1 unspecified atom stereocenters. The lowest BCUT2D eigenvalue weighted by Gasteiger charge is -2.33. The van der Waals surface area contributed by atoms with Crippen LogP contribution >= 0.6 is 0 Å². The molecule has 0 aliphatic rings. The smallest absolute Gasteiger partial charge is 0.102 e. The fourth-order valence-corrected chi connectivity index (χ4v) is 1.28. The summed E-state index contributed by atoms with van der Waals surface area (Å²) in [6.45, 7) is 9.03. The van der Waals surface area contributed by atoms with Crippen LogP contribution in [-0.4, -0.2) is 44.9 Å². The molecule has 0 spiro atoms. The number of hydrogen-bond acceptors (Lipinski definition) is 1. The third kappa shape index (κ3) is 4.73. The van der Waals surface area contributed by atoms with Gasteiger partial charge in [0.15, 0.2) is 0 Å². The minimum absolute atomic E-state index is 0.883. The third-order valence-electron chi connectivity index (χ3n) is 2.65. The lowest BCUT2D eigenvalue weighted by atomic mass is 10.2. The van der Waals surface area contributed by atoms with Gasteiger partial charge >= 0.3 is 0 Å². The van der Waals surface area contributed by atoms with Gasteiger partial charge in [0.1, 0.15) is 6.54 Å². The summed E-state index contributed by atoms with van der Waals surface area (Å²) in [4.78, 5) is 0. The van der Waals surface area contributed by atoms with Gasteiger partial charge in [0.05, 0.1) is 26.7 Å². The van der Waals surface area contributed by atoms with E-state index in [1.807, 2.05) is 0 Å². The predicted molar refractivity (Wildman–Crippen MR) is 53.2 cm³/mol. The second-order valence-corrected chi connectivity index (χ2v) is 3.73. The van der Waals surface area contributed by atoms with Gasteiger partial charge in [0, 0.05) is 7.11 Å². The minimum Gasteiger partial charge on any atom is -0.379 e. The van der Waals surface area contributed by atoms with E-state index in [1.165, 1.54) is 25.9 Å². The summed E-state index contributed by atoms with van der Waals surface area (Å²) < 4.78 is 6.26. The molecule has 0 aromatic carbocycles. The Kier molecular flexibility index (Phi) is 6.39. The fourth-order valence-electron chi connectivity index (χ4n) is 1.28. The maximum atomic E-state index is 5.10. The van der Waals surface area contributed by atoms with Crippen molar-refractivity contribution in [2.24, 2.45) is 0 Å². The molecule has 0 rings (SSSR count). The molecule has 0 amide bonds. The molecule has 2 heteroatoms. The molecule has 0 aromatic heterocycles. The zero-order valence-electron chi connectivity index (χ0n) is 9.10. The quantitative estimate of drug-likeness (QED) is 0.536. The highest BCUT2D eigenvalue weighted by atomic mass is 16.5. The van der Waals surface area contributed by atoms with Crippen molar-refractivity contribution >= 4 is 0 Å². The maximum Gasteiger partial charge on any atom is 0.102 e. The van der Waals surface area contributed by atoms with Crippen LogP contribution in [0.4, 0.5) is 0 Å². The summed E-state index contributed by atoms with van der Waals surface area (Å²) in [6, 6.07) is 0.